The molecule has 1 aromatic rings. The van der Waals surface area contributed by atoms with E-state index in [1.807, 2.05) is 0 Å². The van der Waals surface area contributed by atoms with E-state index in [1.54, 1.807) is 11.8 Å². The number of Topliss-reactive ketones (excluding diaryl/α,β-unsaturated/α-hetero) is 1. The number of anilines is 1. The fourth-order valence-electron chi connectivity index (χ4n) is 3.39. The van der Waals surface area contributed by atoms with E-state index in [-0.39, 0.29) is 11.8 Å². The van der Waals surface area contributed by atoms with Gasteiger partial charge in [-0.2, -0.15) is 11.8 Å². The Bertz CT molecular complexity index is 1020. The van der Waals surface area contributed by atoms with E-state index in [2.05, 4.69) is 69.2 Å². The summed E-state index contributed by atoms with van der Waals surface area (Å²) in [7, 11) is -3.40. The van der Waals surface area contributed by atoms with Gasteiger partial charge in [-0.3, -0.25) is 4.79 Å². The molecule has 8 heteroatoms. The van der Waals surface area contributed by atoms with Crippen molar-refractivity contribution in [2.45, 2.75) is 79.2 Å². The fourth-order valence-corrected chi connectivity index (χ4v) is 5.15. The van der Waals surface area contributed by atoms with Crippen LogP contribution >= 0.6 is 11.8 Å². The number of hydrogen-bond acceptors (Lipinski definition) is 7. The molecule has 36 heavy (non-hydrogen) atoms. The van der Waals surface area contributed by atoms with Crippen LogP contribution in [-0.4, -0.2) is 48.7 Å². The minimum absolute atomic E-state index is 0.214. The highest BCUT2D eigenvalue weighted by Crippen LogP contribution is 2.15. The van der Waals surface area contributed by atoms with Gasteiger partial charge >= 0.3 is 0 Å². The van der Waals surface area contributed by atoms with Crippen LogP contribution in [0.3, 0.4) is 0 Å². The summed E-state index contributed by atoms with van der Waals surface area (Å²) in [5.74, 6) is 0.294. The minimum atomic E-state index is -3.40. The number of oxazole rings is 1. The first kappa shape index (κ1) is 32.0. The molecule has 0 spiro atoms. The van der Waals surface area contributed by atoms with Crippen molar-refractivity contribution in [3.05, 3.63) is 59.1 Å². The van der Waals surface area contributed by atoms with E-state index in [9.17, 15) is 13.2 Å². The summed E-state index contributed by atoms with van der Waals surface area (Å²) in [5.41, 5.74) is 5.58. The van der Waals surface area contributed by atoms with Crippen LogP contribution in [0.2, 0.25) is 0 Å². The molecule has 0 bridgehead atoms. The van der Waals surface area contributed by atoms with E-state index in [0.717, 1.165) is 50.5 Å². The highest BCUT2D eigenvalue weighted by atomic mass is 32.2. The van der Waals surface area contributed by atoms with Gasteiger partial charge in [0.1, 0.15) is 12.0 Å². The van der Waals surface area contributed by atoms with Gasteiger partial charge < -0.3 is 9.73 Å². The monoisotopic (exact) mass is 536 g/mol. The van der Waals surface area contributed by atoms with Crippen LogP contribution in [0.1, 0.15) is 73.1 Å². The van der Waals surface area contributed by atoms with Crippen molar-refractivity contribution in [1.29, 1.82) is 0 Å². The van der Waals surface area contributed by atoms with E-state index in [4.69, 9.17) is 4.42 Å². The number of hydrogen-bond donors (Lipinski definition) is 1. The first-order chi connectivity index (χ1) is 17.0. The van der Waals surface area contributed by atoms with Gasteiger partial charge in [0.15, 0.2) is 15.6 Å². The molecular formula is C28H44N2O4S2. The Morgan fingerprint density at radius 2 is 1.53 bits per heavy atom. The summed E-state index contributed by atoms with van der Waals surface area (Å²) < 4.78 is 28.3. The van der Waals surface area contributed by atoms with Gasteiger partial charge in [0.25, 0.3) is 6.01 Å². The van der Waals surface area contributed by atoms with Crippen molar-refractivity contribution in [2.75, 3.05) is 28.8 Å². The van der Waals surface area contributed by atoms with Crippen molar-refractivity contribution >= 4 is 33.4 Å². The Morgan fingerprint density at radius 3 is 2.03 bits per heavy atom. The molecule has 202 valence electrons. The standard InChI is InChI=1S/C28H44N2O4S2/c1-22(2)10-7-11-23(3)12-8-13-24(4)14-9-15-25(5)16-19-35-20-26(27(31)21-36(6,32)33)30-28-29-17-18-34-28/h10,12,14,16-18,26H,7-9,11,13,15,19-21H2,1-6H3,(H,29,30). The number of rotatable bonds is 18. The van der Waals surface area contributed by atoms with Crippen LogP contribution < -0.4 is 5.32 Å². The molecule has 6 nitrogen and oxygen atoms in total. The lowest BCUT2D eigenvalue weighted by Gasteiger charge is -2.15. The van der Waals surface area contributed by atoms with Gasteiger partial charge in [-0.1, -0.05) is 46.6 Å². The number of sulfone groups is 1. The van der Waals surface area contributed by atoms with Gasteiger partial charge in [-0.25, -0.2) is 13.4 Å². The zero-order valence-corrected chi connectivity index (χ0v) is 24.4. The predicted molar refractivity (Wildman–Crippen MR) is 154 cm³/mol. The maximum atomic E-state index is 12.4. The molecule has 0 amide bonds. The first-order valence-corrected chi connectivity index (χ1v) is 15.7. The fraction of sp³-hybridized carbons (Fsp3) is 0.571. The van der Waals surface area contributed by atoms with Crippen molar-refractivity contribution < 1.29 is 17.6 Å². The van der Waals surface area contributed by atoms with Gasteiger partial charge in [0.05, 0.1) is 12.2 Å². The maximum absolute atomic E-state index is 12.4. The van der Waals surface area contributed by atoms with E-state index < -0.39 is 21.6 Å². The van der Waals surface area contributed by atoms with E-state index in [1.165, 1.54) is 34.8 Å². The highest BCUT2D eigenvalue weighted by molar-refractivity contribution is 7.99. The van der Waals surface area contributed by atoms with E-state index >= 15 is 0 Å². The second kappa shape index (κ2) is 17.4. The van der Waals surface area contributed by atoms with Crippen molar-refractivity contribution in [3.8, 4) is 0 Å². The summed E-state index contributed by atoms with van der Waals surface area (Å²) in [6.07, 6.45) is 19.6. The normalized spacial score (nSPS) is 14.0. The smallest absolute Gasteiger partial charge is 0.295 e. The van der Waals surface area contributed by atoms with Crippen molar-refractivity contribution in [2.24, 2.45) is 0 Å². The molecule has 0 aliphatic rings. The van der Waals surface area contributed by atoms with Crippen molar-refractivity contribution in [1.82, 2.24) is 4.98 Å². The van der Waals surface area contributed by atoms with Crippen LogP contribution in [0, 0.1) is 0 Å². The molecule has 1 atom stereocenters. The minimum Gasteiger partial charge on any atom is -0.432 e. The van der Waals surface area contributed by atoms with Crippen LogP contribution in [0.5, 0.6) is 0 Å². The van der Waals surface area contributed by atoms with E-state index in [0.29, 0.717) is 5.75 Å². The van der Waals surface area contributed by atoms with Gasteiger partial charge in [0.2, 0.25) is 0 Å². The lowest BCUT2D eigenvalue weighted by atomic mass is 10.0. The van der Waals surface area contributed by atoms with Crippen LogP contribution in [-0.2, 0) is 14.6 Å². The molecule has 0 saturated heterocycles. The molecule has 0 radical (unpaired) electrons. The Hall–Kier alpha value is -2.06. The Morgan fingerprint density at radius 1 is 0.972 bits per heavy atom. The lowest BCUT2D eigenvalue weighted by Crippen LogP contribution is -2.36. The third-order valence-electron chi connectivity index (χ3n) is 5.51. The average molecular weight is 537 g/mol. The summed E-state index contributed by atoms with van der Waals surface area (Å²) in [4.78, 5) is 16.4. The number of nitrogens with zero attached hydrogens (tertiary/aromatic N) is 1. The summed E-state index contributed by atoms with van der Waals surface area (Å²) in [6.45, 7) is 10.8. The number of aromatic nitrogens is 1. The zero-order valence-electron chi connectivity index (χ0n) is 22.8. The summed E-state index contributed by atoms with van der Waals surface area (Å²) in [6, 6.07) is -0.460. The molecule has 0 saturated carbocycles. The highest BCUT2D eigenvalue weighted by Gasteiger charge is 2.23. The zero-order chi connectivity index (χ0) is 27.0. The number of carbonyl (C=O) groups excluding carboxylic acids is 1. The summed E-state index contributed by atoms with van der Waals surface area (Å²) in [5, 5.41) is 2.91. The van der Waals surface area contributed by atoms with Gasteiger partial charge in [-0.05, 0) is 73.1 Å². The molecule has 1 unspecified atom stereocenters. The Balaban J connectivity index is 2.40. The molecule has 0 fully saturated rings. The molecule has 1 N–H and O–H groups in total. The second-order valence-electron chi connectivity index (χ2n) is 9.66. The largest absolute Gasteiger partial charge is 0.432 e. The third kappa shape index (κ3) is 16.6. The number of thioether (sulfide) groups is 1. The first-order valence-electron chi connectivity index (χ1n) is 12.5. The Kier molecular flexibility index (Phi) is 15.5. The third-order valence-corrected chi connectivity index (χ3v) is 7.29. The van der Waals surface area contributed by atoms with Crippen LogP contribution in [0.25, 0.3) is 0 Å². The molecule has 1 heterocycles. The SMILES string of the molecule is CC(C)=CCCC(C)=CCCC(C)=CCCC(C)=CCSCC(Nc1ncco1)C(=O)CS(C)(=O)=O. The Labute approximate surface area is 222 Å². The number of ketones is 1. The average Bonchev–Trinajstić information content (AvgIpc) is 3.27. The number of nitrogens with one attached hydrogen (secondary N) is 1. The lowest BCUT2D eigenvalue weighted by molar-refractivity contribution is -0.117. The van der Waals surface area contributed by atoms with Crippen molar-refractivity contribution in [3.63, 3.8) is 0 Å². The molecular weight excluding hydrogens is 492 g/mol. The predicted octanol–water partition coefficient (Wildman–Crippen LogP) is 6.95. The van der Waals surface area contributed by atoms with Crippen LogP contribution in [0.15, 0.2) is 63.5 Å². The molecule has 0 aromatic carbocycles. The van der Waals surface area contributed by atoms with Gasteiger partial charge in [-0.15, -0.1) is 0 Å². The summed E-state index contributed by atoms with van der Waals surface area (Å²) >= 11 is 1.58. The molecule has 0 aliphatic heterocycles. The second-order valence-corrected chi connectivity index (χ2v) is 12.9. The molecule has 0 aliphatic carbocycles. The number of allylic oxidation sites excluding steroid dienone is 7. The number of carbonyl (C=O) groups is 1. The molecule has 1 aromatic heterocycles. The topological polar surface area (TPSA) is 89.3 Å². The maximum Gasteiger partial charge on any atom is 0.295 e. The van der Waals surface area contributed by atoms with Crippen LogP contribution in [0.4, 0.5) is 6.01 Å². The quantitative estimate of drug-likeness (QED) is 0.160. The van der Waals surface area contributed by atoms with Gasteiger partial charge in [0, 0.05) is 17.8 Å². The molecule has 1 rings (SSSR count).